The summed E-state index contributed by atoms with van der Waals surface area (Å²) >= 11 is 12.6. The second kappa shape index (κ2) is 5.38. The minimum atomic E-state index is -3.75. The van der Waals surface area contributed by atoms with Crippen molar-refractivity contribution >= 4 is 50.5 Å². The largest absolute Gasteiger partial charge is 0.337 e. The van der Waals surface area contributed by atoms with E-state index in [2.05, 4.69) is 0 Å². The highest BCUT2D eigenvalue weighted by molar-refractivity contribution is 7.91. The summed E-state index contributed by atoms with van der Waals surface area (Å²) in [5.74, 6) is -0.124. The van der Waals surface area contributed by atoms with Crippen LogP contribution in [0.1, 0.15) is 19.8 Å². The number of sulfonamides is 1. The maximum atomic E-state index is 12.7. The Morgan fingerprint density at radius 1 is 1.38 bits per heavy atom. The van der Waals surface area contributed by atoms with Crippen LogP contribution in [-0.2, 0) is 14.8 Å². The summed E-state index contributed by atoms with van der Waals surface area (Å²) in [6.45, 7) is 2.69. The fraction of sp³-hybridized carbons (Fsp3) is 0.583. The van der Waals surface area contributed by atoms with Crippen LogP contribution in [0, 0.1) is 0 Å². The molecule has 0 N–H and O–H groups in total. The molecule has 2 aliphatic rings. The number of hydrogen-bond acceptors (Lipinski definition) is 4. The molecule has 2 aliphatic heterocycles. The number of thiophene rings is 1. The molecule has 0 unspecified atom stereocenters. The van der Waals surface area contributed by atoms with E-state index in [-0.39, 0.29) is 25.5 Å². The Kier molecular flexibility index (Phi) is 3.99. The van der Waals surface area contributed by atoms with Crippen molar-refractivity contribution in [3.8, 4) is 0 Å². The summed E-state index contributed by atoms with van der Waals surface area (Å²) in [5, 5.41) is 0.221. The number of halogens is 2. The molecule has 5 nitrogen and oxygen atoms in total. The van der Waals surface area contributed by atoms with Gasteiger partial charge in [0.1, 0.15) is 14.6 Å². The van der Waals surface area contributed by atoms with E-state index in [1.165, 1.54) is 10.4 Å². The van der Waals surface area contributed by atoms with Crippen LogP contribution < -0.4 is 0 Å². The molecule has 2 atom stereocenters. The Balaban J connectivity index is 1.96. The molecule has 1 amide bonds. The molecule has 3 heterocycles. The van der Waals surface area contributed by atoms with Gasteiger partial charge in [-0.15, -0.1) is 11.3 Å². The van der Waals surface area contributed by atoms with Crippen molar-refractivity contribution in [3.63, 3.8) is 0 Å². The first-order chi connectivity index (χ1) is 9.82. The summed E-state index contributed by atoms with van der Waals surface area (Å²) in [6.07, 6.45) is 1.77. The fourth-order valence-corrected chi connectivity index (χ4v) is 6.56. The van der Waals surface area contributed by atoms with Crippen LogP contribution in [0.2, 0.25) is 9.36 Å². The van der Waals surface area contributed by atoms with Gasteiger partial charge in [0, 0.05) is 19.1 Å². The van der Waals surface area contributed by atoms with E-state index < -0.39 is 16.1 Å². The third kappa shape index (κ3) is 2.49. The summed E-state index contributed by atoms with van der Waals surface area (Å²) in [4.78, 5) is 14.1. The normalized spacial score (nSPS) is 27.2. The highest BCUT2D eigenvalue weighted by Crippen LogP contribution is 2.37. The number of carbonyl (C=O) groups is 1. The van der Waals surface area contributed by atoms with Crippen molar-refractivity contribution in [2.75, 3.05) is 13.1 Å². The molecule has 0 saturated carbocycles. The Labute approximate surface area is 137 Å². The lowest BCUT2D eigenvalue weighted by atomic mass is 10.1. The molecule has 0 aromatic carbocycles. The maximum Gasteiger partial charge on any atom is 0.253 e. The summed E-state index contributed by atoms with van der Waals surface area (Å²) in [6, 6.07) is 0.639. The van der Waals surface area contributed by atoms with E-state index in [9.17, 15) is 13.2 Å². The van der Waals surface area contributed by atoms with Crippen LogP contribution in [0.4, 0.5) is 0 Å². The van der Waals surface area contributed by atoms with E-state index in [0.717, 1.165) is 30.7 Å². The standard InChI is InChI=1S/C12H14Cl2N2O3S2/c1-7-12(17)15-4-2-3-8(15)6-16(7)21(18,19)10-5-9(13)11(14)20-10/h5,7-8H,2-4,6H2,1H3/t7-,8+/m1/s1. The Morgan fingerprint density at radius 2 is 2.10 bits per heavy atom. The van der Waals surface area contributed by atoms with Crippen molar-refractivity contribution in [2.24, 2.45) is 0 Å². The summed E-state index contributed by atoms with van der Waals surface area (Å²) in [5.41, 5.74) is 0. The second-order valence-corrected chi connectivity index (χ2v) is 9.44. The third-order valence-electron chi connectivity index (χ3n) is 4.03. The van der Waals surface area contributed by atoms with Gasteiger partial charge in [-0.25, -0.2) is 8.42 Å². The second-order valence-electron chi connectivity index (χ2n) is 5.27. The molecule has 9 heteroatoms. The molecule has 1 aromatic rings. The van der Waals surface area contributed by atoms with Gasteiger partial charge in [0.25, 0.3) is 10.0 Å². The molecule has 21 heavy (non-hydrogen) atoms. The highest BCUT2D eigenvalue weighted by Gasteiger charge is 2.45. The number of carbonyl (C=O) groups excluding carboxylic acids is 1. The number of nitrogens with zero attached hydrogens (tertiary/aromatic N) is 2. The number of piperazine rings is 1. The average molecular weight is 369 g/mol. The van der Waals surface area contributed by atoms with Gasteiger partial charge in [-0.2, -0.15) is 4.31 Å². The zero-order valence-electron chi connectivity index (χ0n) is 11.3. The van der Waals surface area contributed by atoms with Crippen molar-refractivity contribution in [2.45, 2.75) is 36.1 Å². The number of fused-ring (bicyclic) bond motifs is 1. The lowest BCUT2D eigenvalue weighted by Crippen LogP contribution is -2.59. The van der Waals surface area contributed by atoms with Crippen molar-refractivity contribution in [1.82, 2.24) is 9.21 Å². The van der Waals surface area contributed by atoms with E-state index in [4.69, 9.17) is 23.2 Å². The third-order valence-corrected chi connectivity index (χ3v) is 8.28. The van der Waals surface area contributed by atoms with Gasteiger partial charge in [0.05, 0.1) is 5.02 Å². The van der Waals surface area contributed by atoms with Crippen LogP contribution in [0.3, 0.4) is 0 Å². The average Bonchev–Trinajstić information content (AvgIpc) is 3.01. The van der Waals surface area contributed by atoms with Crippen LogP contribution in [0.5, 0.6) is 0 Å². The van der Waals surface area contributed by atoms with Crippen molar-refractivity contribution in [1.29, 1.82) is 0 Å². The molecule has 1 aromatic heterocycles. The zero-order chi connectivity index (χ0) is 15.4. The topological polar surface area (TPSA) is 57.7 Å². The first kappa shape index (κ1) is 15.6. The molecule has 2 fully saturated rings. The first-order valence-electron chi connectivity index (χ1n) is 6.59. The predicted molar refractivity (Wildman–Crippen MR) is 82.4 cm³/mol. The minimum Gasteiger partial charge on any atom is -0.337 e. The van der Waals surface area contributed by atoms with E-state index in [0.29, 0.717) is 6.54 Å². The maximum absolute atomic E-state index is 12.7. The van der Waals surface area contributed by atoms with Gasteiger partial charge in [0.15, 0.2) is 0 Å². The molecule has 0 spiro atoms. The molecule has 0 radical (unpaired) electrons. The number of amides is 1. The number of hydrogen-bond donors (Lipinski definition) is 0. The predicted octanol–water partition coefficient (Wildman–Crippen LogP) is 2.44. The van der Waals surface area contributed by atoms with Gasteiger partial charge in [0.2, 0.25) is 5.91 Å². The molecule has 0 aliphatic carbocycles. The number of rotatable bonds is 2. The smallest absolute Gasteiger partial charge is 0.253 e. The lowest BCUT2D eigenvalue weighted by Gasteiger charge is -2.40. The summed E-state index contributed by atoms with van der Waals surface area (Å²) in [7, 11) is -3.75. The molecule has 3 rings (SSSR count). The Hall–Kier alpha value is -0.340. The molecule has 2 saturated heterocycles. The van der Waals surface area contributed by atoms with Gasteiger partial charge in [-0.05, 0) is 25.8 Å². The van der Waals surface area contributed by atoms with Crippen LogP contribution in [-0.4, -0.2) is 48.7 Å². The van der Waals surface area contributed by atoms with Gasteiger partial charge in [-0.3, -0.25) is 4.79 Å². The summed E-state index contributed by atoms with van der Waals surface area (Å²) < 4.78 is 27.1. The van der Waals surface area contributed by atoms with Crippen molar-refractivity contribution in [3.05, 3.63) is 15.4 Å². The minimum absolute atomic E-state index is 0.0191. The van der Waals surface area contributed by atoms with Gasteiger partial charge >= 0.3 is 0 Å². The lowest BCUT2D eigenvalue weighted by molar-refractivity contribution is -0.139. The molecular formula is C12H14Cl2N2O3S2. The van der Waals surface area contributed by atoms with Gasteiger partial charge < -0.3 is 4.90 Å². The van der Waals surface area contributed by atoms with E-state index >= 15 is 0 Å². The molecule has 0 bridgehead atoms. The Morgan fingerprint density at radius 3 is 2.71 bits per heavy atom. The van der Waals surface area contributed by atoms with Crippen LogP contribution in [0.25, 0.3) is 0 Å². The first-order valence-corrected chi connectivity index (χ1v) is 9.61. The highest BCUT2D eigenvalue weighted by atomic mass is 35.5. The molecular weight excluding hydrogens is 355 g/mol. The van der Waals surface area contributed by atoms with Crippen molar-refractivity contribution < 1.29 is 13.2 Å². The monoisotopic (exact) mass is 368 g/mol. The van der Waals surface area contributed by atoms with Crippen LogP contribution in [0.15, 0.2) is 10.3 Å². The quantitative estimate of drug-likeness (QED) is 0.805. The molecule has 116 valence electrons. The van der Waals surface area contributed by atoms with E-state index in [1.54, 1.807) is 11.8 Å². The SMILES string of the molecule is C[C@@H]1C(=O)N2CCC[C@H]2CN1S(=O)(=O)c1cc(Cl)c(Cl)s1. The fourth-order valence-electron chi connectivity index (χ4n) is 2.92. The van der Waals surface area contributed by atoms with Crippen LogP contribution >= 0.6 is 34.5 Å². The van der Waals surface area contributed by atoms with E-state index in [1.807, 2.05) is 0 Å². The Bertz CT molecular complexity index is 669. The zero-order valence-corrected chi connectivity index (χ0v) is 14.4. The van der Waals surface area contributed by atoms with Gasteiger partial charge in [-0.1, -0.05) is 23.2 Å².